The number of benzene rings is 1. The molecule has 2 aromatic rings. The maximum atomic E-state index is 6.25. The fourth-order valence-corrected chi connectivity index (χ4v) is 1.07. The number of aromatic nitrogens is 1. The minimum Gasteiger partial charge on any atom is -0.512 e. The van der Waals surface area contributed by atoms with Gasteiger partial charge in [0.1, 0.15) is 0 Å². The first kappa shape index (κ1) is 17.4. The minimum absolute atomic E-state index is 0. The molecule has 0 spiro atoms. The van der Waals surface area contributed by atoms with Gasteiger partial charge in [-0.05, 0) is 11.8 Å². The van der Waals surface area contributed by atoms with E-state index in [0.717, 1.165) is 11.3 Å². The second-order valence-corrected chi connectivity index (χ2v) is 2.49. The number of nitrogens with zero attached hydrogens (tertiary/aromatic N) is 3. The first-order valence-electron chi connectivity index (χ1n) is 4.30. The Kier molecular flexibility index (Phi) is 12.4. The zero-order chi connectivity index (χ0) is 12.2. The summed E-state index contributed by atoms with van der Waals surface area (Å²) >= 11 is 0. The first-order valence-corrected chi connectivity index (χ1v) is 4.30. The summed E-state index contributed by atoms with van der Waals surface area (Å²) < 4.78 is 0. The summed E-state index contributed by atoms with van der Waals surface area (Å²) in [5, 5.41) is 12.5. The Morgan fingerprint density at radius 2 is 1.59 bits per heavy atom. The predicted octanol–water partition coefficient (Wildman–Crippen LogP) is 2.74. The zero-order valence-corrected chi connectivity index (χ0v) is 11.2. The summed E-state index contributed by atoms with van der Waals surface area (Å²) in [4.78, 5) is 4.22. The molecule has 0 aliphatic carbocycles. The molecule has 0 bridgehead atoms. The van der Waals surface area contributed by atoms with Gasteiger partial charge in [0.05, 0.1) is 0 Å². The molecule has 0 unspecified atom stereocenters. The van der Waals surface area contributed by atoms with Crippen LogP contribution < -0.4 is 0 Å². The number of pyridine rings is 1. The molecule has 1 heterocycles. The van der Waals surface area contributed by atoms with Gasteiger partial charge in [0.2, 0.25) is 0 Å². The van der Waals surface area contributed by atoms with E-state index in [1.54, 1.807) is 6.20 Å². The van der Waals surface area contributed by atoms with Gasteiger partial charge in [-0.3, -0.25) is 0 Å². The van der Waals surface area contributed by atoms with Crippen molar-refractivity contribution in [3.63, 3.8) is 0 Å². The summed E-state index contributed by atoms with van der Waals surface area (Å²) in [6.07, 6.45) is 1.79. The van der Waals surface area contributed by atoms with Crippen molar-refractivity contribution in [2.75, 3.05) is 0 Å². The van der Waals surface area contributed by atoms with Crippen molar-refractivity contribution in [2.24, 2.45) is 0 Å². The summed E-state index contributed by atoms with van der Waals surface area (Å²) in [6, 6.07) is 16.8. The van der Waals surface area contributed by atoms with E-state index in [0.29, 0.717) is 0 Å². The number of rotatable bonds is 1. The van der Waals surface area contributed by atoms with Gasteiger partial charge in [0.15, 0.2) is 0 Å². The van der Waals surface area contributed by atoms with Crippen molar-refractivity contribution in [3.8, 4) is 11.3 Å². The first-order chi connectivity index (χ1) is 7.97. The molecule has 4 heteroatoms. The van der Waals surface area contributed by atoms with Crippen molar-refractivity contribution in [3.05, 3.63) is 67.9 Å². The van der Waals surface area contributed by atoms with E-state index < -0.39 is 0 Å². The van der Waals surface area contributed by atoms with Gasteiger partial charge in [-0.1, -0.05) is 12.1 Å². The summed E-state index contributed by atoms with van der Waals surface area (Å²) in [6.45, 7) is 9.50. The van der Waals surface area contributed by atoms with Crippen LogP contribution in [0, 0.1) is 29.7 Å². The maximum absolute atomic E-state index is 6.25. The van der Waals surface area contributed by atoms with Crippen LogP contribution in [0.1, 0.15) is 0 Å². The van der Waals surface area contributed by atoms with Crippen LogP contribution in [-0.4, -0.2) is 4.98 Å². The molecule has 17 heavy (non-hydrogen) atoms. The summed E-state index contributed by atoms with van der Waals surface area (Å²) in [5.41, 5.74) is 2.01. The molecule has 0 N–H and O–H groups in total. The monoisotopic (exact) mass is 399 g/mol. The second kappa shape index (κ2) is 12.1. The van der Waals surface area contributed by atoms with Crippen LogP contribution in [0.2, 0.25) is 0 Å². The smallest absolute Gasteiger partial charge is 0.512 e. The van der Waals surface area contributed by atoms with Gasteiger partial charge in [-0.15, -0.1) is 35.9 Å². The van der Waals surface area contributed by atoms with E-state index in [1.807, 2.05) is 42.5 Å². The van der Waals surface area contributed by atoms with Gasteiger partial charge in [0, 0.05) is 6.20 Å². The van der Waals surface area contributed by atoms with Crippen LogP contribution >= 0.6 is 0 Å². The third kappa shape index (κ3) is 6.22. The van der Waals surface area contributed by atoms with Crippen LogP contribution in [0.15, 0.2) is 48.7 Å². The largest absolute Gasteiger partial charge is 3.00 e. The van der Waals surface area contributed by atoms with Crippen molar-refractivity contribution < 1.29 is 20.1 Å². The molecule has 0 aliphatic heterocycles. The van der Waals surface area contributed by atoms with Crippen LogP contribution in [0.5, 0.6) is 0 Å². The van der Waals surface area contributed by atoms with Crippen molar-refractivity contribution in [1.29, 1.82) is 10.5 Å². The average Bonchev–Trinajstić information content (AvgIpc) is 2.45. The topological polar surface area (TPSA) is 60.5 Å². The molecule has 1 aromatic heterocycles. The number of hydrogen-bond donors (Lipinski definition) is 0. The molecule has 0 saturated heterocycles. The Morgan fingerprint density at radius 3 is 2.06 bits per heavy atom. The third-order valence-electron chi connectivity index (χ3n) is 1.65. The molecule has 1 aromatic carbocycles. The quantitative estimate of drug-likeness (QED) is 0.694. The van der Waals surface area contributed by atoms with E-state index in [-0.39, 0.29) is 20.1 Å². The van der Waals surface area contributed by atoms with Gasteiger partial charge < -0.3 is 28.7 Å². The van der Waals surface area contributed by atoms with Gasteiger partial charge in [0.25, 0.3) is 0 Å². The molecule has 0 fully saturated rings. The third-order valence-corrected chi connectivity index (χ3v) is 1.65. The van der Waals surface area contributed by atoms with E-state index in [2.05, 4.69) is 11.1 Å². The number of hydrogen-bond acceptors (Lipinski definition) is 3. The summed E-state index contributed by atoms with van der Waals surface area (Å²) in [7, 11) is 0. The molecular weight excluding hydrogens is 390 g/mol. The van der Waals surface area contributed by atoms with Crippen LogP contribution in [0.3, 0.4) is 0 Å². The van der Waals surface area contributed by atoms with Crippen molar-refractivity contribution in [2.45, 2.75) is 0 Å². The van der Waals surface area contributed by atoms with E-state index in [1.165, 1.54) is 0 Å². The van der Waals surface area contributed by atoms with Crippen molar-refractivity contribution in [1.82, 2.24) is 4.98 Å². The molecular formula is C13H8IrN3. The molecule has 0 atom stereocenters. The Hall–Kier alpha value is -2.00. The SMILES string of the molecule is [C-]#N.[C-]#N.[Ir+3].[c-]1ccccc1-c1ccccn1. The molecule has 0 saturated carbocycles. The van der Waals surface area contributed by atoms with E-state index >= 15 is 0 Å². The van der Waals surface area contributed by atoms with Crippen LogP contribution in [0.25, 0.3) is 11.3 Å². The molecule has 0 aliphatic rings. The Balaban J connectivity index is 0. The summed E-state index contributed by atoms with van der Waals surface area (Å²) in [5.74, 6) is 0. The maximum Gasteiger partial charge on any atom is 3.00 e. The van der Waals surface area contributed by atoms with Crippen LogP contribution in [-0.2, 0) is 20.1 Å². The van der Waals surface area contributed by atoms with Crippen molar-refractivity contribution >= 4 is 0 Å². The van der Waals surface area contributed by atoms with Gasteiger partial charge >= 0.3 is 20.1 Å². The molecule has 84 valence electrons. The fraction of sp³-hybridized carbons (Fsp3) is 0. The molecule has 0 amide bonds. The van der Waals surface area contributed by atoms with E-state index in [4.69, 9.17) is 23.7 Å². The Bertz CT molecular complexity index is 380. The fourth-order valence-electron chi connectivity index (χ4n) is 1.07. The van der Waals surface area contributed by atoms with Gasteiger partial charge in [-0.2, -0.15) is 0 Å². The Labute approximate surface area is 115 Å². The Morgan fingerprint density at radius 1 is 0.941 bits per heavy atom. The molecule has 3 nitrogen and oxygen atoms in total. The molecule has 0 radical (unpaired) electrons. The molecule has 2 rings (SSSR count). The predicted molar refractivity (Wildman–Crippen MR) is 58.4 cm³/mol. The average molecular weight is 398 g/mol. The van der Waals surface area contributed by atoms with E-state index in [9.17, 15) is 0 Å². The van der Waals surface area contributed by atoms with Crippen LogP contribution in [0.4, 0.5) is 0 Å². The standard InChI is InChI=1S/C11H8N.2CN.Ir/c1-2-6-10(7-3-1)11-8-4-5-9-12-11;2*1-2;/h1-6,8-9H;;;/q3*-1;+3. The zero-order valence-electron chi connectivity index (χ0n) is 8.79. The normalized spacial score (nSPS) is 7.06. The van der Waals surface area contributed by atoms with Gasteiger partial charge in [-0.25, -0.2) is 0 Å². The minimum atomic E-state index is 0. The second-order valence-electron chi connectivity index (χ2n) is 2.49.